The predicted molar refractivity (Wildman–Crippen MR) is 82.8 cm³/mol. The molecule has 20 heavy (non-hydrogen) atoms. The minimum Gasteiger partial charge on any atom is -0.455 e. The molecule has 0 saturated carbocycles. The van der Waals surface area contributed by atoms with Crippen LogP contribution in [0.2, 0.25) is 5.02 Å². The van der Waals surface area contributed by atoms with Gasteiger partial charge < -0.3 is 9.73 Å². The van der Waals surface area contributed by atoms with Crippen LogP contribution in [0.1, 0.15) is 10.6 Å². The molecule has 0 unspecified atom stereocenters. The fourth-order valence-electron chi connectivity index (χ4n) is 2.07. The van der Waals surface area contributed by atoms with E-state index in [1.54, 1.807) is 11.3 Å². The van der Waals surface area contributed by atoms with Gasteiger partial charge in [0.15, 0.2) is 5.76 Å². The summed E-state index contributed by atoms with van der Waals surface area (Å²) in [6.07, 6.45) is 0. The van der Waals surface area contributed by atoms with Crippen LogP contribution in [-0.2, 0) is 13.1 Å². The first-order valence-electron chi connectivity index (χ1n) is 6.50. The first kappa shape index (κ1) is 13.4. The van der Waals surface area contributed by atoms with Gasteiger partial charge >= 0.3 is 0 Å². The summed E-state index contributed by atoms with van der Waals surface area (Å²) < 4.78 is 5.86. The molecule has 0 atom stereocenters. The second kappa shape index (κ2) is 6.27. The van der Waals surface area contributed by atoms with Crippen molar-refractivity contribution in [1.29, 1.82) is 0 Å². The number of halogens is 1. The Morgan fingerprint density at radius 3 is 2.80 bits per heavy atom. The van der Waals surface area contributed by atoms with Gasteiger partial charge in [-0.15, -0.1) is 11.3 Å². The van der Waals surface area contributed by atoms with Crippen molar-refractivity contribution in [1.82, 2.24) is 0 Å². The van der Waals surface area contributed by atoms with E-state index < -0.39 is 0 Å². The maximum Gasteiger partial charge on any atom is 0.158 e. The molecule has 0 bridgehead atoms. The Hall–Kier alpha value is -1.55. The van der Waals surface area contributed by atoms with E-state index in [-0.39, 0.29) is 0 Å². The van der Waals surface area contributed by atoms with Gasteiger partial charge in [-0.3, -0.25) is 0 Å². The largest absolute Gasteiger partial charge is 0.455 e. The van der Waals surface area contributed by atoms with Crippen LogP contribution >= 0.6 is 22.9 Å². The van der Waals surface area contributed by atoms with Gasteiger partial charge in [-0.25, -0.2) is 0 Å². The van der Waals surface area contributed by atoms with E-state index in [2.05, 4.69) is 22.8 Å². The van der Waals surface area contributed by atoms with Gasteiger partial charge in [0, 0.05) is 10.6 Å². The summed E-state index contributed by atoms with van der Waals surface area (Å²) >= 11 is 7.78. The zero-order valence-electron chi connectivity index (χ0n) is 10.9. The van der Waals surface area contributed by atoms with Gasteiger partial charge in [0.1, 0.15) is 18.8 Å². The number of furan rings is 1. The minimum atomic E-state index is 0.727. The molecule has 0 saturated heterocycles. The van der Waals surface area contributed by atoms with E-state index in [0.717, 1.165) is 35.2 Å². The van der Waals surface area contributed by atoms with Crippen LogP contribution in [0, 0.1) is 0 Å². The molecule has 2 heterocycles. The van der Waals surface area contributed by atoms with Crippen LogP contribution in [0.25, 0.3) is 11.3 Å². The van der Waals surface area contributed by atoms with Crippen LogP contribution in [0.15, 0.2) is 58.3 Å². The summed E-state index contributed by atoms with van der Waals surface area (Å²) in [6.45, 7) is 1.84. The Balaban J connectivity index is 1.62. The monoisotopic (exact) mass is 304 g/mol. The average Bonchev–Trinajstić information content (AvgIpc) is 3.10. The number of rotatable bonds is 5. The molecular weight excluding hydrogens is 290 g/mol. The van der Waals surface area contributed by atoms with E-state index in [9.17, 15) is 0 Å². The third-order valence-electron chi connectivity index (χ3n) is 3.04. The number of benzene rings is 1. The second-order valence-electron chi connectivity index (χ2n) is 4.55. The van der Waals surface area contributed by atoms with Crippen molar-refractivity contribution in [2.45, 2.75) is 13.1 Å². The number of nitrogens with two attached hydrogens (primary N) is 1. The number of hydrogen-bond donors (Lipinski definition) is 1. The summed E-state index contributed by atoms with van der Waals surface area (Å²) in [6, 6.07) is 16.0. The topological polar surface area (TPSA) is 29.8 Å². The zero-order valence-corrected chi connectivity index (χ0v) is 12.5. The summed E-state index contributed by atoms with van der Waals surface area (Å²) in [5.74, 6) is 1.85. The molecule has 4 heteroatoms. The molecule has 2 N–H and O–H groups in total. The van der Waals surface area contributed by atoms with Gasteiger partial charge in [0.05, 0.1) is 4.88 Å². The molecule has 2 nitrogen and oxygen atoms in total. The van der Waals surface area contributed by atoms with E-state index in [1.807, 2.05) is 36.4 Å². The zero-order chi connectivity index (χ0) is 13.8. The van der Waals surface area contributed by atoms with Crippen LogP contribution in [0.5, 0.6) is 0 Å². The van der Waals surface area contributed by atoms with Gasteiger partial charge in [-0.1, -0.05) is 29.8 Å². The highest BCUT2D eigenvalue weighted by molar-refractivity contribution is 7.09. The first-order valence-corrected chi connectivity index (χ1v) is 7.76. The quantitative estimate of drug-likeness (QED) is 0.760. The smallest absolute Gasteiger partial charge is 0.158 e. The third kappa shape index (κ3) is 3.31. The highest BCUT2D eigenvalue weighted by Crippen LogP contribution is 2.24. The molecule has 0 aliphatic heterocycles. The summed E-state index contributed by atoms with van der Waals surface area (Å²) in [5.41, 5.74) is 1.02. The standard InChI is InChI=1S/C16H14ClNOS/c17-13-4-1-3-12(9-13)16-7-6-14(19-16)10-18-11-15-5-2-8-20-15/h1-9,18H,10-11H2/p+1. The molecular formula is C16H15ClNOS+. The number of hydrogen-bond acceptors (Lipinski definition) is 2. The Morgan fingerprint density at radius 2 is 2.00 bits per heavy atom. The van der Waals surface area contributed by atoms with Gasteiger partial charge in [0.2, 0.25) is 0 Å². The summed E-state index contributed by atoms with van der Waals surface area (Å²) in [5, 5.41) is 5.07. The lowest BCUT2D eigenvalue weighted by Crippen LogP contribution is -2.80. The Kier molecular flexibility index (Phi) is 4.21. The third-order valence-corrected chi connectivity index (χ3v) is 4.18. The maximum atomic E-state index is 6.00. The van der Waals surface area contributed by atoms with Crippen molar-refractivity contribution in [3.8, 4) is 11.3 Å². The Morgan fingerprint density at radius 1 is 1.05 bits per heavy atom. The van der Waals surface area contributed by atoms with E-state index in [0.29, 0.717) is 0 Å². The fourth-order valence-corrected chi connectivity index (χ4v) is 2.96. The lowest BCUT2D eigenvalue weighted by molar-refractivity contribution is -0.687. The van der Waals surface area contributed by atoms with Crippen LogP contribution in [0.4, 0.5) is 0 Å². The lowest BCUT2D eigenvalue weighted by Gasteiger charge is -1.99. The van der Waals surface area contributed by atoms with E-state index in [1.165, 1.54) is 4.88 Å². The Labute approximate surface area is 127 Å². The maximum absolute atomic E-state index is 6.00. The van der Waals surface area contributed by atoms with Crippen molar-refractivity contribution in [3.05, 3.63) is 69.6 Å². The van der Waals surface area contributed by atoms with Crippen LogP contribution in [-0.4, -0.2) is 0 Å². The minimum absolute atomic E-state index is 0.727. The molecule has 0 aliphatic rings. The van der Waals surface area contributed by atoms with E-state index in [4.69, 9.17) is 16.0 Å². The van der Waals surface area contributed by atoms with Crippen molar-refractivity contribution >= 4 is 22.9 Å². The SMILES string of the molecule is Clc1cccc(-c2ccc(C[NH2+]Cc3cccs3)o2)c1. The highest BCUT2D eigenvalue weighted by Gasteiger charge is 2.06. The molecule has 0 spiro atoms. The number of quaternary nitrogens is 1. The highest BCUT2D eigenvalue weighted by atomic mass is 35.5. The van der Waals surface area contributed by atoms with Crippen molar-refractivity contribution in [2.24, 2.45) is 0 Å². The molecule has 0 aliphatic carbocycles. The van der Waals surface area contributed by atoms with E-state index >= 15 is 0 Å². The van der Waals surface area contributed by atoms with Crippen LogP contribution < -0.4 is 5.32 Å². The fraction of sp³-hybridized carbons (Fsp3) is 0.125. The normalized spacial score (nSPS) is 10.8. The average molecular weight is 305 g/mol. The van der Waals surface area contributed by atoms with Crippen molar-refractivity contribution < 1.29 is 9.73 Å². The van der Waals surface area contributed by atoms with Gasteiger partial charge in [-0.2, -0.15) is 0 Å². The summed E-state index contributed by atoms with van der Waals surface area (Å²) in [7, 11) is 0. The van der Waals surface area contributed by atoms with Crippen molar-refractivity contribution in [2.75, 3.05) is 0 Å². The molecule has 102 valence electrons. The van der Waals surface area contributed by atoms with Crippen molar-refractivity contribution in [3.63, 3.8) is 0 Å². The predicted octanol–water partition coefficient (Wildman–Crippen LogP) is 3.93. The molecule has 0 radical (unpaired) electrons. The number of thiophene rings is 1. The molecule has 1 aromatic carbocycles. The second-order valence-corrected chi connectivity index (χ2v) is 6.02. The molecule has 3 aromatic rings. The lowest BCUT2D eigenvalue weighted by atomic mass is 10.2. The van der Waals surface area contributed by atoms with Gasteiger partial charge in [-0.05, 0) is 35.7 Å². The molecule has 0 amide bonds. The van der Waals surface area contributed by atoms with Gasteiger partial charge in [0.25, 0.3) is 0 Å². The molecule has 3 rings (SSSR count). The summed E-state index contributed by atoms with van der Waals surface area (Å²) in [4.78, 5) is 1.38. The molecule has 0 fully saturated rings. The first-order chi connectivity index (χ1) is 9.81. The Bertz CT molecular complexity index is 675. The molecule has 2 aromatic heterocycles. The van der Waals surface area contributed by atoms with Crippen LogP contribution in [0.3, 0.4) is 0 Å².